The van der Waals surface area contributed by atoms with Crippen LogP contribution in [-0.2, 0) is 86.9 Å². The predicted octanol–water partition coefficient (Wildman–Crippen LogP) is 7.68. The largest absolute Gasteiger partial charge is 4.00 e. The van der Waals surface area contributed by atoms with Crippen molar-refractivity contribution in [1.29, 1.82) is 0 Å². The van der Waals surface area contributed by atoms with E-state index in [-0.39, 0.29) is 1030 Å². The molecule has 0 unspecified atom stereocenters. The molecule has 128 valence electrons. The van der Waals surface area contributed by atoms with Crippen LogP contribution in [0, 0.1) is 0 Å². The molecule has 0 fully saturated rings. The summed E-state index contributed by atoms with van der Waals surface area (Å²) in [5, 5.41) is 0. The Hall–Kier alpha value is 34.9. The standard InChI is InChI=1S/16Ba.16P.4Ti/q16*+2;16*-3;4*+4. The van der Waals surface area contributed by atoms with E-state index >= 15 is 0 Å². The summed E-state index contributed by atoms with van der Waals surface area (Å²) in [7, 11) is 0. The Balaban J connectivity index is 0. The second-order valence-electron chi connectivity index (χ2n) is 0. The molecule has 0 bridgehead atoms. The second kappa shape index (κ2) is 273. The molecule has 0 radical (unpaired) electrons. The molecule has 0 aromatic heterocycles. The van der Waals surface area contributed by atoms with E-state index in [2.05, 4.69) is 0 Å². The van der Waals surface area contributed by atoms with Crippen molar-refractivity contribution in [1.82, 2.24) is 0 Å². The van der Waals surface area contributed by atoms with E-state index in [1.807, 2.05) is 0 Å². The van der Waals surface area contributed by atoms with Crippen molar-refractivity contribution in [2.75, 3.05) is 0 Å². The maximum absolute atomic E-state index is 0. The van der Waals surface area contributed by atoms with E-state index in [9.17, 15) is 0 Å². The molecule has 0 aromatic rings. The van der Waals surface area contributed by atoms with Gasteiger partial charge in [-0.05, 0) is 0 Å². The van der Waals surface area contributed by atoms with Gasteiger partial charge in [0.05, 0.1) is 0 Å². The first-order valence-electron chi connectivity index (χ1n) is 0. The van der Waals surface area contributed by atoms with Crippen LogP contribution in [0.3, 0.4) is 0 Å². The summed E-state index contributed by atoms with van der Waals surface area (Å²) in [5.41, 5.74) is 0. The Morgan fingerprint density at radius 2 is 0.0833 bits per heavy atom. The molecule has 36 heavy (non-hydrogen) atoms. The molecule has 0 N–H and O–H groups in total. The van der Waals surface area contributed by atoms with Gasteiger partial charge in [0.2, 0.25) is 0 Å². The van der Waals surface area contributed by atoms with Gasteiger partial charge in [0, 0.05) is 0 Å². The van der Waals surface area contributed by atoms with E-state index in [0.29, 0.717) is 0 Å². The van der Waals surface area contributed by atoms with E-state index in [0.717, 1.165) is 0 Å². The molecule has 0 aliphatic carbocycles. The first kappa shape index (κ1) is 284. The van der Waals surface area contributed by atoms with Gasteiger partial charge in [0.25, 0.3) is 0 Å². The topological polar surface area (TPSA) is 0 Å². The third kappa shape index (κ3) is 261. The summed E-state index contributed by atoms with van der Waals surface area (Å²) in [6.45, 7) is 0. The van der Waals surface area contributed by atoms with Crippen LogP contribution in [0.1, 0.15) is 0 Å². The van der Waals surface area contributed by atoms with Crippen molar-refractivity contribution in [3.8, 4) is 0 Å². The normalized spacial score (nSPS) is 0. The Morgan fingerprint density at radius 3 is 0.0833 bits per heavy atom. The van der Waals surface area contributed by atoms with E-state index in [1.54, 1.807) is 0 Å². The third-order valence-corrected chi connectivity index (χ3v) is 0. The molecule has 0 spiro atoms. The Labute approximate surface area is 987 Å². The van der Waals surface area contributed by atoms with Crippen LogP contribution in [0.5, 0.6) is 0 Å². The van der Waals surface area contributed by atoms with Gasteiger partial charge in [-0.1, -0.05) is 0 Å². The Kier molecular flexibility index (Phi) is 2150. The van der Waals surface area contributed by atoms with Crippen LogP contribution in [0.15, 0.2) is 0 Å². The summed E-state index contributed by atoms with van der Waals surface area (Å²) >= 11 is 0. The molecular formula is Ba16P16Ti4. The summed E-state index contributed by atoms with van der Waals surface area (Å²) in [6.07, 6.45) is 0. The molecule has 0 aliphatic rings. The zero-order valence-electron chi connectivity index (χ0n) is 20.5. The van der Waals surface area contributed by atoms with Gasteiger partial charge >= 0.3 is 869 Å². The summed E-state index contributed by atoms with van der Waals surface area (Å²) in [6, 6.07) is 0. The number of hydrogen-bond donors (Lipinski definition) is 0. The minimum Gasteiger partial charge on any atom is -3.00 e. The SMILES string of the molecule is [Ba+2].[Ba+2].[Ba+2].[Ba+2].[Ba+2].[Ba+2].[Ba+2].[Ba+2].[Ba+2].[Ba+2].[Ba+2].[Ba+2].[Ba+2].[Ba+2].[Ba+2].[Ba+2].[P-3].[P-3].[P-3].[P-3].[P-3].[P-3].[P-3].[P-3].[P-3].[P-3].[P-3].[P-3].[P-3].[P-3].[P-3].[P-3].[Ti+4].[Ti+4].[Ti+4].[Ti+4]. The van der Waals surface area contributed by atoms with Gasteiger partial charge in [0.1, 0.15) is 0 Å². The van der Waals surface area contributed by atoms with Crippen molar-refractivity contribution in [2.45, 2.75) is 0 Å². The van der Waals surface area contributed by atoms with Gasteiger partial charge in [-0.15, -0.1) is 0 Å². The fraction of sp³-hybridized carbons (Fsp3) is 0. The van der Waals surface area contributed by atoms with Gasteiger partial charge in [-0.2, -0.15) is 0 Å². The molecule has 0 amide bonds. The van der Waals surface area contributed by atoms with Crippen LogP contribution in [-0.4, -0.2) is 782 Å². The van der Waals surface area contributed by atoms with Crippen LogP contribution in [0.2, 0.25) is 0 Å². The molecule has 0 heterocycles. The molecule has 0 nitrogen and oxygen atoms in total. The Morgan fingerprint density at radius 1 is 0.0833 bits per heavy atom. The molecule has 0 saturated carbocycles. The molecular weight excluding hydrogens is 2880 g/mol. The molecule has 0 atom stereocenters. The zero-order chi connectivity index (χ0) is 0. The maximum atomic E-state index is 0. The molecule has 0 aromatic carbocycles. The monoisotopic (exact) mass is 2890 g/mol. The molecule has 0 aliphatic heterocycles. The third-order valence-electron chi connectivity index (χ3n) is 0. The van der Waals surface area contributed by atoms with Crippen molar-refractivity contribution < 1.29 is 86.9 Å². The van der Waals surface area contributed by atoms with Gasteiger partial charge in [-0.3, -0.25) is 0 Å². The van der Waals surface area contributed by atoms with Crippen molar-refractivity contribution >= 4 is 940 Å². The average molecular weight is 2880 g/mol. The first-order valence-corrected chi connectivity index (χ1v) is 0. The minimum absolute atomic E-state index is 0. The fourth-order valence-corrected chi connectivity index (χ4v) is 0. The van der Waals surface area contributed by atoms with Gasteiger partial charge in [0.15, 0.2) is 0 Å². The van der Waals surface area contributed by atoms with E-state index in [4.69, 9.17) is 0 Å². The summed E-state index contributed by atoms with van der Waals surface area (Å²) in [4.78, 5) is 0. The Bertz CT molecular complexity index is 50.1. The zero-order valence-corrected chi connectivity index (χ0v) is 112. The fourth-order valence-electron chi connectivity index (χ4n) is 0. The maximum Gasteiger partial charge on any atom is 4.00 e. The van der Waals surface area contributed by atoms with E-state index < -0.39 is 0 Å². The second-order valence-corrected chi connectivity index (χ2v) is 0. The molecule has 36 heteroatoms. The van der Waals surface area contributed by atoms with Gasteiger partial charge < -0.3 is 158 Å². The van der Waals surface area contributed by atoms with Crippen LogP contribution < -0.4 is 0 Å². The van der Waals surface area contributed by atoms with Gasteiger partial charge in [-0.25, -0.2) is 0 Å². The van der Waals surface area contributed by atoms with Crippen LogP contribution >= 0.6 is 158 Å². The van der Waals surface area contributed by atoms with Crippen LogP contribution in [0.25, 0.3) is 0 Å². The minimum atomic E-state index is 0. The smallest absolute Gasteiger partial charge is 3.00 e. The van der Waals surface area contributed by atoms with Crippen molar-refractivity contribution in [3.63, 3.8) is 0 Å². The summed E-state index contributed by atoms with van der Waals surface area (Å²) < 4.78 is 0. The quantitative estimate of drug-likeness (QED) is 0.173. The molecule has 0 rings (SSSR count). The number of hydrogen-bond acceptors (Lipinski definition) is 0. The summed E-state index contributed by atoms with van der Waals surface area (Å²) in [5.74, 6) is 0. The van der Waals surface area contributed by atoms with Crippen molar-refractivity contribution in [2.24, 2.45) is 0 Å². The van der Waals surface area contributed by atoms with Crippen molar-refractivity contribution in [3.05, 3.63) is 0 Å². The molecule has 0 saturated heterocycles. The average Bonchev–Trinajstić information content (AvgIpc) is 0. The van der Waals surface area contributed by atoms with E-state index in [1.165, 1.54) is 0 Å². The number of rotatable bonds is 0. The van der Waals surface area contributed by atoms with Crippen LogP contribution in [0.4, 0.5) is 0 Å². The predicted molar refractivity (Wildman–Crippen MR) is 203 cm³/mol. The first-order chi connectivity index (χ1) is 0.